The van der Waals surface area contributed by atoms with Crippen LogP contribution in [0, 0.1) is 0 Å². The number of likely N-dealkylation sites (N-methyl/N-ethyl adjacent to an activating group) is 1. The Labute approximate surface area is 162 Å². The van der Waals surface area contributed by atoms with Gasteiger partial charge in [0.1, 0.15) is 0 Å². The molecule has 0 bridgehead atoms. The molecule has 146 valence electrons. The number of ether oxygens (including phenoxy) is 1. The summed E-state index contributed by atoms with van der Waals surface area (Å²) in [6.07, 6.45) is -0.601. The van der Waals surface area contributed by atoms with Gasteiger partial charge in [-0.2, -0.15) is 0 Å². The van der Waals surface area contributed by atoms with Crippen LogP contribution in [0.1, 0.15) is 40.5 Å². The summed E-state index contributed by atoms with van der Waals surface area (Å²) in [4.78, 5) is 51.8. The molecule has 1 atom stereocenters. The van der Waals surface area contributed by atoms with Crippen molar-refractivity contribution in [2.45, 2.75) is 25.9 Å². The highest BCUT2D eigenvalue weighted by Gasteiger charge is 2.32. The van der Waals surface area contributed by atoms with Crippen LogP contribution in [-0.4, -0.2) is 60.2 Å². The highest BCUT2D eigenvalue weighted by atomic mass is 16.5. The first-order chi connectivity index (χ1) is 13.3. The van der Waals surface area contributed by atoms with Crippen LogP contribution < -0.4 is 0 Å². The molecule has 28 heavy (non-hydrogen) atoms. The van der Waals surface area contributed by atoms with Crippen LogP contribution >= 0.6 is 0 Å². The molecule has 0 spiro atoms. The lowest BCUT2D eigenvalue weighted by atomic mass is 9.94. The molecule has 3 rings (SSSR count). The zero-order valence-electron chi connectivity index (χ0n) is 16.1. The molecule has 1 aliphatic heterocycles. The maximum absolute atomic E-state index is 12.8. The Morgan fingerprint density at radius 2 is 1.61 bits per heavy atom. The van der Waals surface area contributed by atoms with E-state index >= 15 is 0 Å². The van der Waals surface area contributed by atoms with Crippen molar-refractivity contribution in [2.24, 2.45) is 0 Å². The zero-order chi connectivity index (χ0) is 20.4. The summed E-state index contributed by atoms with van der Waals surface area (Å²) in [5.41, 5.74) is 0.973. The Kier molecular flexibility index (Phi) is 5.44. The number of hydrogen-bond donors (Lipinski definition) is 0. The second kappa shape index (κ2) is 7.80. The maximum atomic E-state index is 12.8. The largest absolute Gasteiger partial charge is 0.453 e. The molecule has 0 aromatic heterocycles. The number of carbonyl (C=O) groups excluding carboxylic acids is 4. The molecule has 7 nitrogen and oxygen atoms in total. The molecule has 0 aliphatic carbocycles. The number of imide groups is 1. The number of esters is 1. The van der Waals surface area contributed by atoms with Crippen molar-refractivity contribution in [2.75, 3.05) is 20.6 Å². The molecule has 0 unspecified atom stereocenters. The third-order valence-corrected chi connectivity index (χ3v) is 4.72. The van der Waals surface area contributed by atoms with E-state index in [-0.39, 0.29) is 37.1 Å². The van der Waals surface area contributed by atoms with Gasteiger partial charge < -0.3 is 9.64 Å². The summed E-state index contributed by atoms with van der Waals surface area (Å²) in [5.74, 6) is -1.57. The van der Waals surface area contributed by atoms with Crippen molar-refractivity contribution in [3.05, 3.63) is 47.5 Å². The molecule has 2 aromatic carbocycles. The van der Waals surface area contributed by atoms with Crippen molar-refractivity contribution in [1.82, 2.24) is 9.80 Å². The monoisotopic (exact) mass is 382 g/mol. The van der Waals surface area contributed by atoms with Gasteiger partial charge in [-0.15, -0.1) is 0 Å². The summed E-state index contributed by atoms with van der Waals surface area (Å²) >= 11 is 0. The van der Waals surface area contributed by atoms with Crippen molar-refractivity contribution in [3.63, 3.8) is 0 Å². The van der Waals surface area contributed by atoms with E-state index < -0.39 is 12.1 Å². The summed E-state index contributed by atoms with van der Waals surface area (Å²) in [6.45, 7) is 1.61. The second-order valence-corrected chi connectivity index (χ2v) is 6.94. The number of carbonyl (C=O) groups is 4. The van der Waals surface area contributed by atoms with E-state index in [1.54, 1.807) is 38.4 Å². The number of hydrogen-bond acceptors (Lipinski definition) is 5. The minimum absolute atomic E-state index is 0.00789. The second-order valence-electron chi connectivity index (χ2n) is 6.94. The Hall–Kier alpha value is -3.22. The fraction of sp³-hybridized carbons (Fsp3) is 0.333. The van der Waals surface area contributed by atoms with Crippen molar-refractivity contribution < 1.29 is 23.9 Å². The molecule has 0 N–H and O–H groups in total. The minimum atomic E-state index is -0.870. The molecule has 3 amide bonds. The minimum Gasteiger partial charge on any atom is -0.453 e. The molecule has 0 fully saturated rings. The SMILES string of the molecule is C[C@H](OC(=O)CCCN1C(=O)c2cccc3cccc(c23)C1=O)C(=O)N(C)C. The standard InChI is InChI=1S/C21H22N2O5/c1-13(19(25)22(2)3)28-17(24)11-6-12-23-20(26)15-9-4-7-14-8-5-10-16(18(14)15)21(23)27/h4-5,7-10,13H,6,11-12H2,1-3H3/t13-/m0/s1. The quantitative estimate of drug-likeness (QED) is 0.565. The van der Waals surface area contributed by atoms with Gasteiger partial charge in [0.15, 0.2) is 6.10 Å². The van der Waals surface area contributed by atoms with Gasteiger partial charge in [-0.1, -0.05) is 24.3 Å². The van der Waals surface area contributed by atoms with Crippen molar-refractivity contribution >= 4 is 34.5 Å². The first kappa shape index (κ1) is 19.5. The number of amides is 3. The highest BCUT2D eigenvalue weighted by Crippen LogP contribution is 2.30. The molecule has 0 radical (unpaired) electrons. The smallest absolute Gasteiger partial charge is 0.306 e. The van der Waals surface area contributed by atoms with Gasteiger partial charge in [-0.05, 0) is 30.9 Å². The van der Waals surface area contributed by atoms with Crippen LogP contribution in [-0.2, 0) is 14.3 Å². The summed E-state index contributed by atoms with van der Waals surface area (Å²) < 4.78 is 5.10. The Bertz CT molecular complexity index is 916. The third kappa shape index (κ3) is 3.60. The molecular weight excluding hydrogens is 360 g/mol. The van der Waals surface area contributed by atoms with Crippen LogP contribution in [0.2, 0.25) is 0 Å². The fourth-order valence-electron chi connectivity index (χ4n) is 3.34. The number of benzene rings is 2. The highest BCUT2D eigenvalue weighted by molar-refractivity contribution is 6.25. The van der Waals surface area contributed by atoms with Gasteiger partial charge >= 0.3 is 5.97 Å². The normalized spacial score (nSPS) is 14.2. The topological polar surface area (TPSA) is 84.0 Å². The number of nitrogens with zero attached hydrogens (tertiary/aromatic N) is 2. The van der Waals surface area contributed by atoms with Crippen LogP contribution in [0.15, 0.2) is 36.4 Å². The van der Waals surface area contributed by atoms with E-state index in [0.717, 1.165) is 5.39 Å². The predicted molar refractivity (Wildman–Crippen MR) is 103 cm³/mol. The van der Waals surface area contributed by atoms with E-state index in [1.165, 1.54) is 16.7 Å². The van der Waals surface area contributed by atoms with E-state index in [0.29, 0.717) is 16.5 Å². The number of rotatable bonds is 6. The van der Waals surface area contributed by atoms with Gasteiger partial charge in [-0.3, -0.25) is 24.1 Å². The van der Waals surface area contributed by atoms with Crippen LogP contribution in [0.5, 0.6) is 0 Å². The molecular formula is C21H22N2O5. The summed E-state index contributed by atoms with van der Waals surface area (Å²) in [6, 6.07) is 10.7. The lowest BCUT2D eigenvalue weighted by Crippen LogP contribution is -2.41. The van der Waals surface area contributed by atoms with E-state index in [2.05, 4.69) is 0 Å². The Morgan fingerprint density at radius 3 is 2.14 bits per heavy atom. The average Bonchev–Trinajstić information content (AvgIpc) is 2.67. The van der Waals surface area contributed by atoms with Crippen molar-refractivity contribution in [3.8, 4) is 0 Å². The molecule has 1 heterocycles. The van der Waals surface area contributed by atoms with Crippen molar-refractivity contribution in [1.29, 1.82) is 0 Å². The zero-order valence-corrected chi connectivity index (χ0v) is 16.1. The average molecular weight is 382 g/mol. The molecule has 2 aromatic rings. The maximum Gasteiger partial charge on any atom is 0.306 e. The lowest BCUT2D eigenvalue weighted by molar-refractivity contribution is -0.158. The van der Waals surface area contributed by atoms with Gasteiger partial charge in [-0.25, -0.2) is 0 Å². The van der Waals surface area contributed by atoms with Crippen LogP contribution in [0.3, 0.4) is 0 Å². The van der Waals surface area contributed by atoms with Crippen LogP contribution in [0.25, 0.3) is 10.8 Å². The van der Waals surface area contributed by atoms with E-state index in [1.807, 2.05) is 12.1 Å². The van der Waals surface area contributed by atoms with Gasteiger partial charge in [0.25, 0.3) is 17.7 Å². The van der Waals surface area contributed by atoms with Gasteiger partial charge in [0.05, 0.1) is 0 Å². The summed E-state index contributed by atoms with van der Waals surface area (Å²) in [7, 11) is 3.16. The first-order valence-electron chi connectivity index (χ1n) is 9.10. The van der Waals surface area contributed by atoms with E-state index in [4.69, 9.17) is 4.74 Å². The fourth-order valence-corrected chi connectivity index (χ4v) is 3.34. The van der Waals surface area contributed by atoms with Gasteiger partial charge in [0, 0.05) is 43.6 Å². The van der Waals surface area contributed by atoms with E-state index in [9.17, 15) is 19.2 Å². The summed E-state index contributed by atoms with van der Waals surface area (Å²) in [5, 5.41) is 1.52. The third-order valence-electron chi connectivity index (χ3n) is 4.72. The molecule has 7 heteroatoms. The Morgan fingerprint density at radius 1 is 1.04 bits per heavy atom. The Balaban J connectivity index is 1.65. The molecule has 0 saturated heterocycles. The van der Waals surface area contributed by atoms with Gasteiger partial charge in [0.2, 0.25) is 0 Å². The first-order valence-corrected chi connectivity index (χ1v) is 9.10. The molecule has 0 saturated carbocycles. The predicted octanol–water partition coefficient (Wildman–Crippen LogP) is 2.24. The lowest BCUT2D eigenvalue weighted by Gasteiger charge is -2.27. The van der Waals surface area contributed by atoms with Crippen LogP contribution in [0.4, 0.5) is 0 Å². The molecule has 1 aliphatic rings.